The molecule has 2 aromatic heterocycles. The van der Waals surface area contributed by atoms with Crippen molar-refractivity contribution in [1.82, 2.24) is 30.0 Å². The first-order valence-corrected chi connectivity index (χ1v) is 9.86. The van der Waals surface area contributed by atoms with E-state index in [2.05, 4.69) is 25.9 Å². The minimum absolute atomic E-state index is 0.199. The molecule has 0 bridgehead atoms. The van der Waals surface area contributed by atoms with Gasteiger partial charge in [-0.25, -0.2) is 9.36 Å². The maximum atomic E-state index is 12.5. The molecule has 0 atom stereocenters. The van der Waals surface area contributed by atoms with Gasteiger partial charge in [-0.05, 0) is 57.6 Å². The number of nitrogens with zero attached hydrogens (tertiary/aromatic N) is 6. The van der Waals surface area contributed by atoms with E-state index < -0.39 is 0 Å². The van der Waals surface area contributed by atoms with Gasteiger partial charge in [-0.2, -0.15) is 5.10 Å². The van der Waals surface area contributed by atoms with Crippen LogP contribution >= 0.6 is 0 Å². The quantitative estimate of drug-likeness (QED) is 0.466. The molecule has 0 aliphatic carbocycles. The monoisotopic (exact) mass is 423 g/mol. The molecule has 156 valence electrons. The van der Waals surface area contributed by atoms with E-state index in [9.17, 15) is 9.59 Å². The summed E-state index contributed by atoms with van der Waals surface area (Å²) >= 11 is 0. The van der Waals surface area contributed by atoms with Crippen molar-refractivity contribution in [3.8, 4) is 16.9 Å². The Morgan fingerprint density at radius 3 is 2.50 bits per heavy atom. The van der Waals surface area contributed by atoms with Gasteiger partial charge < -0.3 is 5.32 Å². The van der Waals surface area contributed by atoms with Gasteiger partial charge in [-0.15, -0.1) is 5.10 Å². The number of carbonyl (C=O) groups excluding carboxylic acids is 1. The molecule has 0 saturated heterocycles. The van der Waals surface area contributed by atoms with Gasteiger partial charge in [0.25, 0.3) is 5.56 Å². The molecule has 1 N–H and O–H groups in total. The lowest BCUT2D eigenvalue weighted by Gasteiger charge is -2.09. The summed E-state index contributed by atoms with van der Waals surface area (Å²) in [6.45, 7) is -0.199. The van der Waals surface area contributed by atoms with Crippen LogP contribution in [0.2, 0.25) is 0 Å². The van der Waals surface area contributed by atoms with Crippen molar-refractivity contribution in [2.75, 3.05) is 5.32 Å². The second-order valence-electron chi connectivity index (χ2n) is 7.13. The lowest BCUT2D eigenvalue weighted by Crippen LogP contribution is -2.29. The van der Waals surface area contributed by atoms with E-state index in [0.29, 0.717) is 11.4 Å². The number of hydrogen-bond acceptors (Lipinski definition) is 6. The minimum Gasteiger partial charge on any atom is -0.324 e. The van der Waals surface area contributed by atoms with Crippen LogP contribution in [0, 0.1) is 0 Å². The molecule has 0 radical (unpaired) electrons. The Morgan fingerprint density at radius 1 is 0.906 bits per heavy atom. The first-order valence-electron chi connectivity index (χ1n) is 9.86. The van der Waals surface area contributed by atoms with Crippen LogP contribution in [0.5, 0.6) is 0 Å². The number of benzene rings is 3. The lowest BCUT2D eigenvalue weighted by atomic mass is 10.1. The third-order valence-corrected chi connectivity index (χ3v) is 4.97. The highest BCUT2D eigenvalue weighted by atomic mass is 16.2. The van der Waals surface area contributed by atoms with Gasteiger partial charge in [0.15, 0.2) is 0 Å². The van der Waals surface area contributed by atoms with Crippen LogP contribution in [0.25, 0.3) is 27.7 Å². The molecule has 0 saturated carbocycles. The van der Waals surface area contributed by atoms with Crippen molar-refractivity contribution in [3.05, 3.63) is 95.5 Å². The van der Waals surface area contributed by atoms with Crippen LogP contribution in [0.3, 0.4) is 0 Å². The van der Waals surface area contributed by atoms with Crippen LogP contribution in [0.15, 0.2) is 90.0 Å². The van der Waals surface area contributed by atoms with Gasteiger partial charge in [0.2, 0.25) is 5.91 Å². The maximum Gasteiger partial charge on any atom is 0.267 e. The van der Waals surface area contributed by atoms with Crippen LogP contribution in [-0.2, 0) is 11.3 Å². The molecule has 32 heavy (non-hydrogen) atoms. The van der Waals surface area contributed by atoms with Gasteiger partial charge in [0.05, 0.1) is 11.4 Å². The average Bonchev–Trinajstić information content (AvgIpc) is 3.36. The van der Waals surface area contributed by atoms with Gasteiger partial charge >= 0.3 is 0 Å². The Morgan fingerprint density at radius 2 is 1.72 bits per heavy atom. The van der Waals surface area contributed by atoms with Crippen molar-refractivity contribution in [1.29, 1.82) is 0 Å². The zero-order valence-electron chi connectivity index (χ0n) is 16.8. The van der Waals surface area contributed by atoms with E-state index in [-0.39, 0.29) is 18.0 Å². The summed E-state index contributed by atoms with van der Waals surface area (Å²) < 4.78 is 2.67. The Balaban J connectivity index is 1.33. The Bertz CT molecular complexity index is 1460. The van der Waals surface area contributed by atoms with E-state index in [4.69, 9.17) is 0 Å². The number of carbonyl (C=O) groups is 1. The number of amides is 1. The Hall–Kier alpha value is -4.66. The van der Waals surface area contributed by atoms with Crippen LogP contribution in [-0.4, -0.2) is 35.9 Å². The van der Waals surface area contributed by atoms with Crippen molar-refractivity contribution < 1.29 is 4.79 Å². The lowest BCUT2D eigenvalue weighted by molar-refractivity contribution is -0.117. The fourth-order valence-corrected chi connectivity index (χ4v) is 3.38. The highest BCUT2D eigenvalue weighted by Gasteiger charge is 2.09. The molecule has 0 spiro atoms. The largest absolute Gasteiger partial charge is 0.324 e. The molecule has 5 aromatic rings. The predicted molar refractivity (Wildman–Crippen MR) is 119 cm³/mol. The summed E-state index contributed by atoms with van der Waals surface area (Å²) in [6, 6.07) is 24.1. The molecule has 9 nitrogen and oxygen atoms in total. The molecule has 3 aromatic carbocycles. The zero-order chi connectivity index (χ0) is 21.9. The van der Waals surface area contributed by atoms with E-state index in [0.717, 1.165) is 26.7 Å². The number of tetrazole rings is 1. The minimum atomic E-state index is -0.356. The molecular formula is C23H17N7O2. The van der Waals surface area contributed by atoms with Crippen molar-refractivity contribution >= 4 is 22.4 Å². The SMILES string of the molecule is O=C(Cn1nc(-c2ccc3ccccc3c2)ccc1=O)Nc1ccc(-n2cnnn2)cc1. The second-order valence-corrected chi connectivity index (χ2v) is 7.13. The fourth-order valence-electron chi connectivity index (χ4n) is 3.38. The van der Waals surface area contributed by atoms with Crippen molar-refractivity contribution in [3.63, 3.8) is 0 Å². The smallest absolute Gasteiger partial charge is 0.267 e. The topological polar surface area (TPSA) is 108 Å². The van der Waals surface area contributed by atoms with E-state index in [1.54, 1.807) is 30.3 Å². The van der Waals surface area contributed by atoms with E-state index >= 15 is 0 Å². The summed E-state index contributed by atoms with van der Waals surface area (Å²) in [6.07, 6.45) is 1.48. The maximum absolute atomic E-state index is 12.5. The third-order valence-electron chi connectivity index (χ3n) is 4.97. The number of rotatable bonds is 5. The number of nitrogens with one attached hydrogen (secondary N) is 1. The summed E-state index contributed by atoms with van der Waals surface area (Å²) in [4.78, 5) is 24.8. The van der Waals surface area contributed by atoms with Crippen LogP contribution in [0.4, 0.5) is 5.69 Å². The standard InChI is InChI=1S/C23H17N7O2/c31-22(25-19-7-9-20(10-8-19)30-15-24-27-28-30)14-29-23(32)12-11-21(26-29)18-6-5-16-3-1-2-4-17(16)13-18/h1-13,15H,14H2,(H,25,31). The number of aromatic nitrogens is 6. The molecule has 1 amide bonds. The molecule has 0 aliphatic heterocycles. The summed E-state index contributed by atoms with van der Waals surface area (Å²) in [7, 11) is 0. The second kappa shape index (κ2) is 8.23. The number of hydrogen-bond donors (Lipinski definition) is 1. The molecule has 2 heterocycles. The summed E-state index contributed by atoms with van der Waals surface area (Å²) in [5.41, 5.74) is 2.49. The van der Waals surface area contributed by atoms with Crippen LogP contribution in [0.1, 0.15) is 0 Å². The van der Waals surface area contributed by atoms with E-state index in [1.165, 1.54) is 17.1 Å². The molecule has 5 rings (SSSR count). The van der Waals surface area contributed by atoms with Crippen LogP contribution < -0.4 is 10.9 Å². The van der Waals surface area contributed by atoms with Crippen molar-refractivity contribution in [2.45, 2.75) is 6.54 Å². The number of fused-ring (bicyclic) bond motifs is 1. The molecule has 0 aliphatic rings. The molecular weight excluding hydrogens is 406 g/mol. The van der Waals surface area contributed by atoms with E-state index in [1.807, 2.05) is 42.5 Å². The van der Waals surface area contributed by atoms with Gasteiger partial charge in [0.1, 0.15) is 12.9 Å². The number of anilines is 1. The Kier molecular flexibility index (Phi) is 4.97. The molecule has 0 fully saturated rings. The van der Waals surface area contributed by atoms with Gasteiger partial charge in [0, 0.05) is 17.3 Å². The summed E-state index contributed by atoms with van der Waals surface area (Å²) in [5, 5.41) is 20.4. The first-order chi connectivity index (χ1) is 15.7. The zero-order valence-corrected chi connectivity index (χ0v) is 16.8. The van der Waals surface area contributed by atoms with Gasteiger partial charge in [-0.1, -0.05) is 36.4 Å². The average molecular weight is 423 g/mol. The third kappa shape index (κ3) is 3.99. The van der Waals surface area contributed by atoms with Crippen molar-refractivity contribution in [2.24, 2.45) is 0 Å². The molecule has 9 heteroatoms. The highest BCUT2D eigenvalue weighted by molar-refractivity contribution is 5.90. The fraction of sp³-hybridized carbons (Fsp3) is 0.0435. The normalized spacial score (nSPS) is 10.9. The Labute approximate surface area is 181 Å². The van der Waals surface area contributed by atoms with Gasteiger partial charge in [-0.3, -0.25) is 9.59 Å². The highest BCUT2D eigenvalue weighted by Crippen LogP contribution is 2.22. The first kappa shape index (κ1) is 19.3. The molecule has 0 unspecified atom stereocenters. The summed E-state index contributed by atoms with van der Waals surface area (Å²) in [5.74, 6) is -0.356. The predicted octanol–water partition coefficient (Wildman–Crippen LogP) is 2.68.